The van der Waals surface area contributed by atoms with E-state index >= 15 is 4.39 Å². The fraction of sp³-hybridized carbons (Fsp3) is 0.314. The molecule has 6 nitrogen and oxygen atoms in total. The summed E-state index contributed by atoms with van der Waals surface area (Å²) in [5.41, 5.74) is 3.14. The van der Waals surface area contributed by atoms with Gasteiger partial charge in [0.25, 0.3) is 0 Å². The van der Waals surface area contributed by atoms with E-state index in [0.29, 0.717) is 72.5 Å². The summed E-state index contributed by atoms with van der Waals surface area (Å²) in [6, 6.07) is 10.5. The summed E-state index contributed by atoms with van der Waals surface area (Å²) < 4.78 is 77.0. The maximum atomic E-state index is 15.2. The molecule has 0 fully saturated rings. The van der Waals surface area contributed by atoms with Gasteiger partial charge in [-0.25, -0.2) is 22.0 Å². The highest BCUT2D eigenvalue weighted by molar-refractivity contribution is 5.94. The standard InChI is InChI=1S/C35H34F5NO5/c1-21-25(7-4-8-30(42)43)32-27(36)17-14-23(35(32)41(21)18-5-9-31(44)45)13-10-22-11-15-24(16-12-22)46-19-3-2-6-26-28(37)20-29(38)34(40)33(26)39/h10-17,20H,2-9,18-19H2,1H3,(H,42,43)(H,44,45). The Balaban J connectivity index is 1.45. The van der Waals surface area contributed by atoms with E-state index in [2.05, 4.69) is 0 Å². The van der Waals surface area contributed by atoms with Crippen molar-refractivity contribution in [1.29, 1.82) is 0 Å². The minimum atomic E-state index is -1.69. The van der Waals surface area contributed by atoms with Crippen molar-refractivity contribution in [2.24, 2.45) is 0 Å². The molecule has 3 aromatic carbocycles. The lowest BCUT2D eigenvalue weighted by Gasteiger charge is -2.10. The molecule has 0 spiro atoms. The van der Waals surface area contributed by atoms with Crippen molar-refractivity contribution < 1.29 is 46.5 Å². The van der Waals surface area contributed by atoms with Crippen LogP contribution in [0, 0.1) is 36.0 Å². The summed E-state index contributed by atoms with van der Waals surface area (Å²) >= 11 is 0. The number of aryl methyl sites for hydroxylation is 2. The first-order valence-electron chi connectivity index (χ1n) is 14.9. The van der Waals surface area contributed by atoms with Gasteiger partial charge in [0, 0.05) is 42.1 Å². The monoisotopic (exact) mass is 643 g/mol. The number of halogens is 5. The van der Waals surface area contributed by atoms with Crippen molar-refractivity contribution in [1.82, 2.24) is 4.57 Å². The quantitative estimate of drug-likeness (QED) is 0.0420. The van der Waals surface area contributed by atoms with Gasteiger partial charge in [0.15, 0.2) is 17.5 Å². The zero-order chi connectivity index (χ0) is 33.4. The fourth-order valence-corrected chi connectivity index (χ4v) is 5.48. The first kappa shape index (κ1) is 34.2. The molecule has 0 radical (unpaired) electrons. The van der Waals surface area contributed by atoms with E-state index in [1.807, 2.05) is 35.8 Å². The lowest BCUT2D eigenvalue weighted by Crippen LogP contribution is -2.05. The van der Waals surface area contributed by atoms with Gasteiger partial charge in [-0.3, -0.25) is 9.59 Å². The molecular formula is C35H34F5NO5. The highest BCUT2D eigenvalue weighted by Gasteiger charge is 2.20. The SMILES string of the molecule is Cc1c(CCCC(=O)O)c2c(F)ccc(C=Cc3ccc(OCCCCc4c(F)cc(F)c(F)c4F)cc3)c2n1CCCC(=O)O. The second-order valence-electron chi connectivity index (χ2n) is 11.0. The molecule has 0 atom stereocenters. The molecule has 0 unspecified atom stereocenters. The minimum Gasteiger partial charge on any atom is -0.494 e. The van der Waals surface area contributed by atoms with Crippen LogP contribution in [0.3, 0.4) is 0 Å². The highest BCUT2D eigenvalue weighted by Crippen LogP contribution is 2.34. The van der Waals surface area contributed by atoms with Crippen molar-refractivity contribution in [3.63, 3.8) is 0 Å². The van der Waals surface area contributed by atoms with Gasteiger partial charge in [-0.2, -0.15) is 0 Å². The number of aliphatic carboxylic acids is 2. The van der Waals surface area contributed by atoms with Crippen LogP contribution in [-0.4, -0.2) is 33.3 Å². The summed E-state index contributed by atoms with van der Waals surface area (Å²) in [6.45, 7) is 2.43. The van der Waals surface area contributed by atoms with Gasteiger partial charge < -0.3 is 19.5 Å². The van der Waals surface area contributed by atoms with E-state index in [0.717, 1.165) is 11.3 Å². The third-order valence-electron chi connectivity index (χ3n) is 7.80. The molecule has 2 N–H and O–H groups in total. The Hall–Kier alpha value is -4.67. The van der Waals surface area contributed by atoms with Crippen LogP contribution < -0.4 is 4.74 Å². The number of unbranched alkanes of at least 4 members (excludes halogenated alkanes) is 1. The van der Waals surface area contributed by atoms with Gasteiger partial charge in [-0.15, -0.1) is 0 Å². The number of hydrogen-bond acceptors (Lipinski definition) is 3. The van der Waals surface area contributed by atoms with Crippen molar-refractivity contribution in [3.8, 4) is 5.75 Å². The van der Waals surface area contributed by atoms with E-state index in [4.69, 9.17) is 14.9 Å². The van der Waals surface area contributed by atoms with Gasteiger partial charge in [0.2, 0.25) is 0 Å². The molecule has 0 amide bonds. The van der Waals surface area contributed by atoms with Gasteiger partial charge in [0.1, 0.15) is 17.4 Å². The molecule has 1 heterocycles. The van der Waals surface area contributed by atoms with E-state index in [-0.39, 0.29) is 25.9 Å². The predicted molar refractivity (Wildman–Crippen MR) is 164 cm³/mol. The number of nitrogens with zero attached hydrogens (tertiary/aromatic N) is 1. The molecule has 0 aliphatic heterocycles. The number of benzene rings is 3. The van der Waals surface area contributed by atoms with Crippen LogP contribution in [0.25, 0.3) is 23.1 Å². The predicted octanol–water partition coefficient (Wildman–Crippen LogP) is 8.49. The maximum absolute atomic E-state index is 15.2. The van der Waals surface area contributed by atoms with Crippen LogP contribution in [-0.2, 0) is 29.0 Å². The van der Waals surface area contributed by atoms with Gasteiger partial charge in [0.05, 0.1) is 12.1 Å². The van der Waals surface area contributed by atoms with Crippen molar-refractivity contribution >= 4 is 35.0 Å². The molecule has 0 saturated heterocycles. The first-order chi connectivity index (χ1) is 22.0. The number of aromatic nitrogens is 1. The molecular weight excluding hydrogens is 609 g/mol. The van der Waals surface area contributed by atoms with Crippen LogP contribution in [0.5, 0.6) is 5.75 Å². The number of carbonyl (C=O) groups is 2. The van der Waals surface area contributed by atoms with Crippen molar-refractivity contribution in [2.45, 2.75) is 64.8 Å². The Labute approximate surface area is 262 Å². The topological polar surface area (TPSA) is 88.8 Å². The molecule has 4 aromatic rings. The number of rotatable bonds is 16. The molecule has 0 aliphatic rings. The third-order valence-corrected chi connectivity index (χ3v) is 7.80. The lowest BCUT2D eigenvalue weighted by atomic mass is 10.0. The third kappa shape index (κ3) is 8.32. The average Bonchev–Trinajstić information content (AvgIpc) is 3.29. The summed E-state index contributed by atoms with van der Waals surface area (Å²) in [5.74, 6) is -7.63. The Morgan fingerprint density at radius 1 is 0.761 bits per heavy atom. The summed E-state index contributed by atoms with van der Waals surface area (Å²) in [6.07, 6.45) is 5.23. The Kier molecular flexibility index (Phi) is 11.6. The number of fused-ring (bicyclic) bond motifs is 1. The van der Waals surface area contributed by atoms with E-state index in [1.165, 1.54) is 6.07 Å². The van der Waals surface area contributed by atoms with E-state index in [1.54, 1.807) is 18.2 Å². The minimum absolute atomic E-state index is 0.0479. The molecule has 0 aliphatic carbocycles. The summed E-state index contributed by atoms with van der Waals surface area (Å²) in [5, 5.41) is 18.6. The number of ether oxygens (including phenoxy) is 1. The van der Waals surface area contributed by atoms with Crippen LogP contribution in [0.2, 0.25) is 0 Å². The maximum Gasteiger partial charge on any atom is 0.303 e. The summed E-state index contributed by atoms with van der Waals surface area (Å²) in [4.78, 5) is 22.2. The van der Waals surface area contributed by atoms with Crippen LogP contribution in [0.4, 0.5) is 22.0 Å². The van der Waals surface area contributed by atoms with Gasteiger partial charge >= 0.3 is 11.9 Å². The molecule has 1 aromatic heterocycles. The molecule has 11 heteroatoms. The van der Waals surface area contributed by atoms with Gasteiger partial charge in [-0.1, -0.05) is 24.3 Å². The second kappa shape index (κ2) is 15.6. The smallest absolute Gasteiger partial charge is 0.303 e. The Morgan fingerprint density at radius 2 is 1.43 bits per heavy atom. The zero-order valence-electron chi connectivity index (χ0n) is 25.2. The van der Waals surface area contributed by atoms with Crippen molar-refractivity contribution in [2.75, 3.05) is 6.61 Å². The second-order valence-corrected chi connectivity index (χ2v) is 11.0. The number of carboxylic acids is 2. The van der Waals surface area contributed by atoms with Crippen LogP contribution in [0.15, 0.2) is 42.5 Å². The highest BCUT2D eigenvalue weighted by atomic mass is 19.2. The first-order valence-corrected chi connectivity index (χ1v) is 14.9. The van der Waals surface area contributed by atoms with E-state index in [9.17, 15) is 27.2 Å². The molecule has 0 saturated carbocycles. The largest absolute Gasteiger partial charge is 0.494 e. The Morgan fingerprint density at radius 3 is 2.13 bits per heavy atom. The lowest BCUT2D eigenvalue weighted by molar-refractivity contribution is -0.138. The molecule has 244 valence electrons. The number of hydrogen-bond donors (Lipinski definition) is 2. The number of carboxylic acid groups (broad SMARTS) is 2. The van der Waals surface area contributed by atoms with Crippen molar-refractivity contribution in [3.05, 3.63) is 99.5 Å². The van der Waals surface area contributed by atoms with Crippen LogP contribution >= 0.6 is 0 Å². The van der Waals surface area contributed by atoms with Crippen LogP contribution in [0.1, 0.15) is 66.5 Å². The van der Waals surface area contributed by atoms with Gasteiger partial charge in [-0.05, 0) is 86.4 Å². The molecule has 46 heavy (non-hydrogen) atoms. The molecule has 4 rings (SSSR count). The normalized spacial score (nSPS) is 11.5. The average molecular weight is 644 g/mol. The Bertz CT molecular complexity index is 1750. The zero-order valence-corrected chi connectivity index (χ0v) is 25.2. The fourth-order valence-electron chi connectivity index (χ4n) is 5.48. The molecule has 0 bridgehead atoms. The van der Waals surface area contributed by atoms with E-state index < -0.39 is 46.6 Å². The summed E-state index contributed by atoms with van der Waals surface area (Å²) in [7, 11) is 0.